The zero-order valence-electron chi connectivity index (χ0n) is 17.3. The van der Waals surface area contributed by atoms with Crippen LogP contribution >= 0.6 is 0 Å². The number of piperazine rings is 1. The molecule has 1 aromatic rings. The van der Waals surface area contributed by atoms with Crippen LogP contribution in [-0.4, -0.2) is 66.8 Å². The molecule has 1 saturated heterocycles. The number of carboxylic acids is 1. The van der Waals surface area contributed by atoms with Crippen molar-refractivity contribution < 1.29 is 14.6 Å². The number of carbonyl (C=O) groups is 1. The molecule has 1 saturated carbocycles. The minimum atomic E-state index is -0.622. The molecule has 5 nitrogen and oxygen atoms in total. The molecule has 4 rings (SSSR count). The van der Waals surface area contributed by atoms with E-state index in [2.05, 4.69) is 42.0 Å². The molecule has 1 heterocycles. The van der Waals surface area contributed by atoms with Gasteiger partial charge in [0.05, 0.1) is 5.92 Å². The fourth-order valence-corrected chi connectivity index (χ4v) is 5.45. The van der Waals surface area contributed by atoms with Crippen LogP contribution in [0, 0.1) is 5.92 Å². The van der Waals surface area contributed by atoms with Gasteiger partial charge in [0.1, 0.15) is 11.9 Å². The second-order valence-corrected chi connectivity index (χ2v) is 9.24. The quantitative estimate of drug-likeness (QED) is 0.842. The number of likely N-dealkylation sites (N-methyl/N-ethyl adjacent to an activating group) is 1. The smallest absolute Gasteiger partial charge is 0.306 e. The van der Waals surface area contributed by atoms with Crippen LogP contribution in [0.2, 0.25) is 0 Å². The molecule has 1 N–H and O–H groups in total. The topological polar surface area (TPSA) is 53.0 Å². The summed E-state index contributed by atoms with van der Waals surface area (Å²) in [6.45, 7) is 7.62. The summed E-state index contributed by atoms with van der Waals surface area (Å²) in [6.07, 6.45) is 6.05. The van der Waals surface area contributed by atoms with E-state index in [1.807, 2.05) is 0 Å². The Morgan fingerprint density at radius 1 is 1.21 bits per heavy atom. The number of benzene rings is 1. The monoisotopic (exact) mass is 386 g/mol. The third-order valence-electron chi connectivity index (χ3n) is 7.27. The van der Waals surface area contributed by atoms with E-state index in [0.29, 0.717) is 0 Å². The van der Waals surface area contributed by atoms with Crippen LogP contribution in [0.15, 0.2) is 18.2 Å². The number of rotatable bonds is 5. The van der Waals surface area contributed by atoms with Gasteiger partial charge in [-0.1, -0.05) is 6.07 Å². The third kappa shape index (κ3) is 4.06. The van der Waals surface area contributed by atoms with Crippen LogP contribution in [0.4, 0.5) is 0 Å². The summed E-state index contributed by atoms with van der Waals surface area (Å²) in [7, 11) is 2.18. The lowest BCUT2D eigenvalue weighted by Crippen LogP contribution is -2.47. The van der Waals surface area contributed by atoms with Gasteiger partial charge in [0.25, 0.3) is 0 Å². The van der Waals surface area contributed by atoms with Crippen LogP contribution in [0.25, 0.3) is 0 Å². The van der Waals surface area contributed by atoms with Crippen LogP contribution in [0.3, 0.4) is 0 Å². The Balaban J connectivity index is 1.40. The molecule has 1 aliphatic heterocycles. The van der Waals surface area contributed by atoms with Gasteiger partial charge < -0.3 is 14.7 Å². The molecule has 2 fully saturated rings. The number of nitrogens with zero attached hydrogens (tertiary/aromatic N) is 2. The van der Waals surface area contributed by atoms with Gasteiger partial charge in [-0.05, 0) is 81.2 Å². The molecule has 28 heavy (non-hydrogen) atoms. The van der Waals surface area contributed by atoms with Crippen LogP contribution < -0.4 is 4.74 Å². The minimum absolute atomic E-state index is 0.155. The average molecular weight is 387 g/mol. The molecule has 1 atom stereocenters. The van der Waals surface area contributed by atoms with E-state index in [0.717, 1.165) is 77.0 Å². The number of hydrogen-bond acceptors (Lipinski definition) is 4. The van der Waals surface area contributed by atoms with Crippen LogP contribution in [0.5, 0.6) is 5.75 Å². The molecule has 3 aliphatic rings. The molecule has 5 heteroatoms. The normalized spacial score (nSPS) is 29.6. The van der Waals surface area contributed by atoms with Gasteiger partial charge in [0, 0.05) is 32.7 Å². The van der Waals surface area contributed by atoms with Gasteiger partial charge in [0.15, 0.2) is 0 Å². The molecule has 0 aromatic heterocycles. The minimum Gasteiger partial charge on any atom is -0.489 e. The van der Waals surface area contributed by atoms with E-state index < -0.39 is 5.97 Å². The summed E-state index contributed by atoms with van der Waals surface area (Å²) in [6, 6.07) is 6.64. The summed E-state index contributed by atoms with van der Waals surface area (Å²) in [4.78, 5) is 16.2. The van der Waals surface area contributed by atoms with Gasteiger partial charge >= 0.3 is 5.97 Å². The van der Waals surface area contributed by atoms with E-state index in [1.54, 1.807) is 0 Å². The van der Waals surface area contributed by atoms with E-state index in [9.17, 15) is 9.90 Å². The lowest BCUT2D eigenvalue weighted by atomic mass is 9.67. The van der Waals surface area contributed by atoms with Crippen molar-refractivity contribution in [1.29, 1.82) is 0 Å². The maximum absolute atomic E-state index is 11.3. The summed E-state index contributed by atoms with van der Waals surface area (Å²) in [5, 5.41) is 9.33. The molecule has 154 valence electrons. The van der Waals surface area contributed by atoms with Gasteiger partial charge in [-0.3, -0.25) is 9.69 Å². The molecular formula is C23H34N2O3. The SMILES string of the molecule is C[C@@H](CN1CCN(C)CC1)Oc1ccc2c(c1)C1(CC2)CCC(C(=O)O)CC1. The summed E-state index contributed by atoms with van der Waals surface area (Å²) < 4.78 is 6.31. The van der Waals surface area contributed by atoms with Gasteiger partial charge in [-0.2, -0.15) is 0 Å². The number of aryl methyl sites for hydroxylation is 1. The fraction of sp³-hybridized carbons (Fsp3) is 0.696. The summed E-state index contributed by atoms with van der Waals surface area (Å²) in [5.41, 5.74) is 3.05. The molecular weight excluding hydrogens is 352 g/mol. The molecule has 1 aromatic carbocycles. The fourth-order valence-electron chi connectivity index (χ4n) is 5.45. The average Bonchev–Trinajstić information content (AvgIpc) is 3.02. The van der Waals surface area contributed by atoms with Crippen molar-refractivity contribution in [3.05, 3.63) is 29.3 Å². The van der Waals surface area contributed by atoms with Crippen molar-refractivity contribution in [2.24, 2.45) is 5.92 Å². The molecule has 0 radical (unpaired) electrons. The highest BCUT2D eigenvalue weighted by Gasteiger charge is 2.43. The highest BCUT2D eigenvalue weighted by Crippen LogP contribution is 2.50. The van der Waals surface area contributed by atoms with Gasteiger partial charge in [0.2, 0.25) is 0 Å². The van der Waals surface area contributed by atoms with Crippen molar-refractivity contribution >= 4 is 5.97 Å². The number of aliphatic carboxylic acids is 1. The molecule has 0 amide bonds. The Morgan fingerprint density at radius 3 is 2.61 bits per heavy atom. The Hall–Kier alpha value is -1.59. The largest absolute Gasteiger partial charge is 0.489 e. The van der Waals surface area contributed by atoms with Gasteiger partial charge in [-0.15, -0.1) is 0 Å². The zero-order valence-corrected chi connectivity index (χ0v) is 17.3. The number of fused-ring (bicyclic) bond motifs is 2. The predicted molar refractivity (Wildman–Crippen MR) is 110 cm³/mol. The highest BCUT2D eigenvalue weighted by atomic mass is 16.5. The van der Waals surface area contributed by atoms with Crippen molar-refractivity contribution in [3.63, 3.8) is 0 Å². The maximum atomic E-state index is 11.3. The Morgan fingerprint density at radius 2 is 1.93 bits per heavy atom. The standard InChI is InChI=1S/C23H34N2O3/c1-17(16-25-13-11-24(2)12-14-25)28-20-4-3-18-5-8-23(21(18)15-20)9-6-19(7-10-23)22(26)27/h3-4,15,17,19H,5-14,16H2,1-2H3,(H,26,27)/t17-,19?,23?/m0/s1. The van der Waals surface area contributed by atoms with Gasteiger partial charge in [-0.25, -0.2) is 0 Å². The summed E-state index contributed by atoms with van der Waals surface area (Å²) >= 11 is 0. The second-order valence-electron chi connectivity index (χ2n) is 9.24. The highest BCUT2D eigenvalue weighted by molar-refractivity contribution is 5.70. The Labute approximate surface area is 168 Å². The number of hydrogen-bond donors (Lipinski definition) is 1. The lowest BCUT2D eigenvalue weighted by Gasteiger charge is -2.37. The van der Waals surface area contributed by atoms with E-state index in [-0.39, 0.29) is 17.4 Å². The first kappa shape index (κ1) is 19.7. The first-order chi connectivity index (χ1) is 13.4. The molecule has 0 unspecified atom stereocenters. The Bertz CT molecular complexity index is 704. The van der Waals surface area contributed by atoms with Crippen molar-refractivity contribution in [2.75, 3.05) is 39.8 Å². The maximum Gasteiger partial charge on any atom is 0.306 e. The number of carboxylic acid groups (broad SMARTS) is 1. The van der Waals surface area contributed by atoms with Crippen LogP contribution in [-0.2, 0) is 16.6 Å². The second kappa shape index (κ2) is 8.03. The van der Waals surface area contributed by atoms with E-state index in [4.69, 9.17) is 4.74 Å². The molecule has 1 spiro atoms. The van der Waals surface area contributed by atoms with Crippen molar-refractivity contribution in [1.82, 2.24) is 9.80 Å². The summed E-state index contributed by atoms with van der Waals surface area (Å²) in [5.74, 6) is 0.197. The Kier molecular flexibility index (Phi) is 5.66. The zero-order chi connectivity index (χ0) is 19.7. The van der Waals surface area contributed by atoms with Crippen LogP contribution in [0.1, 0.15) is 50.2 Å². The number of ether oxygens (including phenoxy) is 1. The van der Waals surface area contributed by atoms with Crippen molar-refractivity contribution in [3.8, 4) is 5.75 Å². The van der Waals surface area contributed by atoms with E-state index in [1.165, 1.54) is 11.1 Å². The molecule has 0 bridgehead atoms. The third-order valence-corrected chi connectivity index (χ3v) is 7.27. The molecule has 2 aliphatic carbocycles. The van der Waals surface area contributed by atoms with E-state index >= 15 is 0 Å². The lowest BCUT2D eigenvalue weighted by molar-refractivity contribution is -0.143. The first-order valence-corrected chi connectivity index (χ1v) is 10.9. The van der Waals surface area contributed by atoms with Crippen molar-refractivity contribution in [2.45, 2.75) is 57.0 Å². The first-order valence-electron chi connectivity index (χ1n) is 10.9. The predicted octanol–water partition coefficient (Wildman–Crippen LogP) is 3.16.